The maximum atomic E-state index is 11.1. The van der Waals surface area contributed by atoms with Gasteiger partial charge in [-0.2, -0.15) is 0 Å². The predicted molar refractivity (Wildman–Crippen MR) is 40.4 cm³/mol. The zero-order valence-corrected chi connectivity index (χ0v) is 5.90. The van der Waals surface area contributed by atoms with Crippen molar-refractivity contribution in [1.82, 2.24) is 10.2 Å². The van der Waals surface area contributed by atoms with Gasteiger partial charge in [-0.3, -0.25) is 4.90 Å². The van der Waals surface area contributed by atoms with Crippen molar-refractivity contribution in [2.45, 2.75) is 12.2 Å². The lowest BCUT2D eigenvalue weighted by Crippen LogP contribution is -2.40. The van der Waals surface area contributed by atoms with E-state index in [1.54, 1.807) is 11.1 Å². The molecule has 4 nitrogen and oxygen atoms in total. The second kappa shape index (κ2) is 2.10. The van der Waals surface area contributed by atoms with Gasteiger partial charge < -0.3 is 11.1 Å². The van der Waals surface area contributed by atoms with Gasteiger partial charge in [0.15, 0.2) is 0 Å². The maximum Gasteiger partial charge on any atom is 0.323 e. The number of amides is 2. The molecule has 2 unspecified atom stereocenters. The number of nitrogens with zero attached hydrogens (tertiary/aromatic N) is 1. The van der Waals surface area contributed by atoms with Crippen molar-refractivity contribution in [2.75, 3.05) is 0 Å². The van der Waals surface area contributed by atoms with E-state index < -0.39 is 0 Å². The lowest BCUT2D eigenvalue weighted by molar-refractivity contribution is 0.226. The molecular weight excluding hydrogens is 142 g/mol. The molecule has 2 rings (SSSR count). The third kappa shape index (κ3) is 0.832. The molecule has 2 amide bonds. The number of carbonyl (C=O) groups excluding carboxylic acids is 1. The lowest BCUT2D eigenvalue weighted by Gasteiger charge is -2.19. The number of allylic oxidation sites excluding steroid dienone is 2. The predicted octanol–water partition coefficient (Wildman–Crippen LogP) is -0.251. The molecule has 0 radical (unpaired) electrons. The summed E-state index contributed by atoms with van der Waals surface area (Å²) in [4.78, 5) is 12.7. The van der Waals surface area contributed by atoms with Crippen LogP contribution < -0.4 is 11.1 Å². The molecule has 11 heavy (non-hydrogen) atoms. The first kappa shape index (κ1) is 6.42. The molecule has 1 fully saturated rings. The number of fused-ring (bicyclic) bond motifs is 1. The van der Waals surface area contributed by atoms with Crippen LogP contribution in [0.25, 0.3) is 0 Å². The second-order valence-electron chi connectivity index (χ2n) is 2.60. The van der Waals surface area contributed by atoms with E-state index in [0.29, 0.717) is 0 Å². The standard InChI is InChI=1S/C7H9N3O/c8-6-5-3-1-2-4-10(5)7(11)9-6/h1-6H,8H2,(H,9,11). The van der Waals surface area contributed by atoms with Gasteiger partial charge in [-0.05, 0) is 6.08 Å². The smallest absolute Gasteiger partial charge is 0.320 e. The van der Waals surface area contributed by atoms with Gasteiger partial charge in [0.25, 0.3) is 0 Å². The van der Waals surface area contributed by atoms with Crippen LogP contribution in [-0.4, -0.2) is 23.1 Å². The summed E-state index contributed by atoms with van der Waals surface area (Å²) in [6.45, 7) is 0. The van der Waals surface area contributed by atoms with Gasteiger partial charge in [0.2, 0.25) is 0 Å². The Labute approximate surface area is 64.3 Å². The topological polar surface area (TPSA) is 58.4 Å². The number of hydrogen-bond acceptors (Lipinski definition) is 2. The Balaban J connectivity index is 2.29. The molecule has 0 aromatic rings. The van der Waals surface area contributed by atoms with E-state index in [2.05, 4.69) is 5.32 Å². The van der Waals surface area contributed by atoms with E-state index in [9.17, 15) is 4.79 Å². The molecule has 1 saturated heterocycles. The average molecular weight is 151 g/mol. The van der Waals surface area contributed by atoms with Crippen LogP contribution in [0.1, 0.15) is 0 Å². The number of urea groups is 1. The highest BCUT2D eigenvalue weighted by Crippen LogP contribution is 2.15. The van der Waals surface area contributed by atoms with Crippen LogP contribution in [0, 0.1) is 0 Å². The Morgan fingerprint density at radius 2 is 2.36 bits per heavy atom. The molecule has 0 aliphatic carbocycles. The molecule has 58 valence electrons. The van der Waals surface area contributed by atoms with Gasteiger partial charge in [0, 0.05) is 6.20 Å². The lowest BCUT2D eigenvalue weighted by atomic mass is 10.2. The average Bonchev–Trinajstić information content (AvgIpc) is 2.30. The molecule has 2 aliphatic heterocycles. The zero-order chi connectivity index (χ0) is 7.84. The van der Waals surface area contributed by atoms with Gasteiger partial charge in [-0.1, -0.05) is 12.2 Å². The summed E-state index contributed by atoms with van der Waals surface area (Å²) in [7, 11) is 0. The van der Waals surface area contributed by atoms with Crippen LogP contribution in [0.4, 0.5) is 4.79 Å². The summed E-state index contributed by atoms with van der Waals surface area (Å²) in [6, 6.07) is -0.129. The van der Waals surface area contributed by atoms with E-state index in [1.165, 1.54) is 0 Å². The normalized spacial score (nSPS) is 33.9. The third-order valence-corrected chi connectivity index (χ3v) is 1.88. The number of hydrogen-bond donors (Lipinski definition) is 2. The maximum absolute atomic E-state index is 11.1. The molecule has 0 aromatic heterocycles. The monoisotopic (exact) mass is 151 g/mol. The summed E-state index contributed by atoms with van der Waals surface area (Å²) < 4.78 is 0. The Hall–Kier alpha value is -1.29. The van der Waals surface area contributed by atoms with Crippen molar-refractivity contribution in [1.29, 1.82) is 0 Å². The molecule has 4 heteroatoms. The fraction of sp³-hybridized carbons (Fsp3) is 0.286. The molecule has 2 heterocycles. The van der Waals surface area contributed by atoms with Crippen LogP contribution in [0.5, 0.6) is 0 Å². The van der Waals surface area contributed by atoms with E-state index in [0.717, 1.165) is 0 Å². The van der Waals surface area contributed by atoms with Crippen molar-refractivity contribution < 1.29 is 4.79 Å². The van der Waals surface area contributed by atoms with E-state index in [4.69, 9.17) is 5.73 Å². The fourth-order valence-corrected chi connectivity index (χ4v) is 1.31. The number of carbonyl (C=O) groups is 1. The van der Waals surface area contributed by atoms with E-state index >= 15 is 0 Å². The molecule has 0 bridgehead atoms. The van der Waals surface area contributed by atoms with Crippen molar-refractivity contribution in [3.05, 3.63) is 24.4 Å². The third-order valence-electron chi connectivity index (χ3n) is 1.88. The van der Waals surface area contributed by atoms with E-state index in [-0.39, 0.29) is 18.2 Å². The molecule has 2 atom stereocenters. The molecule has 0 aromatic carbocycles. The summed E-state index contributed by atoms with van der Waals surface area (Å²) in [5.74, 6) is 0. The minimum Gasteiger partial charge on any atom is -0.320 e. The first-order chi connectivity index (χ1) is 5.29. The summed E-state index contributed by atoms with van der Waals surface area (Å²) in [6.07, 6.45) is 7.06. The van der Waals surface area contributed by atoms with Gasteiger partial charge >= 0.3 is 6.03 Å². The van der Waals surface area contributed by atoms with Gasteiger partial charge in [0.1, 0.15) is 6.17 Å². The molecule has 0 spiro atoms. The minimum atomic E-state index is -0.274. The Bertz CT molecular complexity index is 246. The Morgan fingerprint density at radius 3 is 3.09 bits per heavy atom. The van der Waals surface area contributed by atoms with Crippen LogP contribution in [0.15, 0.2) is 24.4 Å². The molecular formula is C7H9N3O. The summed E-state index contributed by atoms with van der Waals surface area (Å²) >= 11 is 0. The largest absolute Gasteiger partial charge is 0.323 e. The first-order valence-corrected chi connectivity index (χ1v) is 3.48. The van der Waals surface area contributed by atoms with Crippen LogP contribution in [-0.2, 0) is 0 Å². The van der Waals surface area contributed by atoms with Gasteiger partial charge in [-0.25, -0.2) is 4.79 Å². The highest BCUT2D eigenvalue weighted by molar-refractivity contribution is 5.79. The number of nitrogens with one attached hydrogen (secondary N) is 1. The van der Waals surface area contributed by atoms with Crippen molar-refractivity contribution in [2.24, 2.45) is 5.73 Å². The van der Waals surface area contributed by atoms with Crippen molar-refractivity contribution in [3.8, 4) is 0 Å². The Morgan fingerprint density at radius 1 is 1.55 bits per heavy atom. The van der Waals surface area contributed by atoms with Gasteiger partial charge in [0.05, 0.1) is 6.04 Å². The fourth-order valence-electron chi connectivity index (χ4n) is 1.31. The Kier molecular flexibility index (Phi) is 1.22. The molecule has 3 N–H and O–H groups in total. The minimum absolute atomic E-state index is 0.00694. The zero-order valence-electron chi connectivity index (χ0n) is 5.90. The van der Waals surface area contributed by atoms with E-state index in [1.807, 2.05) is 18.2 Å². The molecule has 2 aliphatic rings. The quantitative estimate of drug-likeness (QED) is 0.501. The second-order valence-corrected chi connectivity index (χ2v) is 2.60. The highest BCUT2D eigenvalue weighted by atomic mass is 16.2. The van der Waals surface area contributed by atoms with Crippen molar-refractivity contribution in [3.63, 3.8) is 0 Å². The number of rotatable bonds is 0. The number of nitrogens with two attached hydrogens (primary N) is 1. The van der Waals surface area contributed by atoms with Crippen LogP contribution in [0.3, 0.4) is 0 Å². The first-order valence-electron chi connectivity index (χ1n) is 3.48. The van der Waals surface area contributed by atoms with Crippen LogP contribution >= 0.6 is 0 Å². The SMILES string of the molecule is NC1NC(=O)N2C=CC=CC12. The molecule has 0 saturated carbocycles. The van der Waals surface area contributed by atoms with Crippen LogP contribution in [0.2, 0.25) is 0 Å². The van der Waals surface area contributed by atoms with Crippen molar-refractivity contribution >= 4 is 6.03 Å². The summed E-state index contributed by atoms with van der Waals surface area (Å²) in [5.41, 5.74) is 5.62. The summed E-state index contributed by atoms with van der Waals surface area (Å²) in [5, 5.41) is 2.62. The van der Waals surface area contributed by atoms with Gasteiger partial charge in [-0.15, -0.1) is 0 Å². The highest BCUT2D eigenvalue weighted by Gasteiger charge is 2.34.